The van der Waals surface area contributed by atoms with E-state index in [1.807, 2.05) is 30.1 Å². The van der Waals surface area contributed by atoms with E-state index in [1.54, 1.807) is 14.2 Å². The van der Waals surface area contributed by atoms with Gasteiger partial charge in [-0.2, -0.15) is 0 Å². The molecule has 3 N–H and O–H groups in total. The summed E-state index contributed by atoms with van der Waals surface area (Å²) in [6, 6.07) is 5.24. The minimum atomic E-state index is -0.313. The van der Waals surface area contributed by atoms with E-state index >= 15 is 0 Å². The summed E-state index contributed by atoms with van der Waals surface area (Å²) in [7, 11) is 5.00. The number of thiocarbonyl (C=S) groups is 1. The third kappa shape index (κ3) is 3.56. The highest BCUT2D eigenvalue weighted by Gasteiger charge is 2.24. The highest BCUT2D eigenvalue weighted by molar-refractivity contribution is 7.80. The van der Waals surface area contributed by atoms with E-state index in [9.17, 15) is 0 Å². The molecule has 0 aliphatic rings. The zero-order chi connectivity index (χ0) is 14.4. The number of aliphatic hydroxyl groups excluding tert-OH is 1. The average molecular weight is 284 g/mol. The van der Waals surface area contributed by atoms with E-state index in [-0.39, 0.29) is 12.6 Å². The molecular formula is C13H20N2O3S. The van der Waals surface area contributed by atoms with Crippen LogP contribution in [0, 0.1) is 0 Å². The number of aliphatic hydroxyl groups is 1. The summed E-state index contributed by atoms with van der Waals surface area (Å²) in [6.07, 6.45) is 0. The van der Waals surface area contributed by atoms with E-state index in [0.717, 1.165) is 5.56 Å². The lowest BCUT2D eigenvalue weighted by atomic mass is 10.0. The molecule has 0 saturated carbocycles. The molecule has 0 amide bonds. The van der Waals surface area contributed by atoms with Crippen molar-refractivity contribution >= 4 is 17.2 Å². The zero-order valence-corrected chi connectivity index (χ0v) is 12.2. The van der Waals surface area contributed by atoms with Gasteiger partial charge in [0.2, 0.25) is 0 Å². The highest BCUT2D eigenvalue weighted by Crippen LogP contribution is 2.36. The molecule has 0 spiro atoms. The van der Waals surface area contributed by atoms with Crippen LogP contribution in [0.1, 0.15) is 11.6 Å². The lowest BCUT2D eigenvalue weighted by molar-refractivity contribution is 0.205. The average Bonchev–Trinajstić information content (AvgIpc) is 2.38. The molecule has 1 aromatic carbocycles. The third-order valence-corrected chi connectivity index (χ3v) is 3.11. The second-order valence-corrected chi connectivity index (χ2v) is 4.56. The molecule has 0 aromatic heterocycles. The van der Waals surface area contributed by atoms with E-state index in [2.05, 4.69) is 0 Å². The first-order chi connectivity index (χ1) is 9.06. The molecule has 19 heavy (non-hydrogen) atoms. The molecule has 6 heteroatoms. The van der Waals surface area contributed by atoms with Crippen LogP contribution in [0.3, 0.4) is 0 Å². The molecule has 0 heterocycles. The Morgan fingerprint density at radius 3 is 2.58 bits per heavy atom. The number of nitrogens with two attached hydrogens (primary N) is 1. The van der Waals surface area contributed by atoms with E-state index in [0.29, 0.717) is 23.0 Å². The van der Waals surface area contributed by atoms with E-state index in [1.165, 1.54) is 0 Å². The van der Waals surface area contributed by atoms with Gasteiger partial charge in [-0.15, -0.1) is 0 Å². The van der Waals surface area contributed by atoms with E-state index in [4.69, 9.17) is 32.5 Å². The molecule has 0 radical (unpaired) electrons. The molecule has 0 aliphatic heterocycles. The predicted octanol–water partition coefficient (Wildman–Crippen LogP) is 0.955. The summed E-state index contributed by atoms with van der Waals surface area (Å²) in [5.41, 5.74) is 6.65. The number of ether oxygens (including phenoxy) is 2. The Kier molecular flexibility index (Phi) is 6.01. The van der Waals surface area contributed by atoms with Gasteiger partial charge in [0.05, 0.1) is 31.9 Å². The maximum atomic E-state index is 9.06. The van der Waals surface area contributed by atoms with Gasteiger partial charge in [-0.3, -0.25) is 4.90 Å². The van der Waals surface area contributed by atoms with E-state index < -0.39 is 0 Å². The van der Waals surface area contributed by atoms with Crippen LogP contribution in [-0.4, -0.2) is 49.4 Å². The minimum absolute atomic E-state index is 0.0297. The summed E-state index contributed by atoms with van der Waals surface area (Å²) in [4.78, 5) is 2.20. The molecule has 0 aliphatic carbocycles. The van der Waals surface area contributed by atoms with Gasteiger partial charge >= 0.3 is 0 Å². The molecule has 1 aromatic rings. The normalized spacial score (nSPS) is 12.3. The standard InChI is InChI=1S/C13H20N2O3S/c1-15(7-8-16)11(13(14)19)9-5-4-6-10(17-2)12(9)18-3/h4-6,11,16H,7-8H2,1-3H3,(H2,14,19). The number of para-hydroxylation sites is 1. The predicted molar refractivity (Wildman–Crippen MR) is 78.8 cm³/mol. The Hall–Kier alpha value is -1.37. The second kappa shape index (κ2) is 7.28. The molecular weight excluding hydrogens is 264 g/mol. The first-order valence-corrected chi connectivity index (χ1v) is 6.29. The van der Waals surface area contributed by atoms with Gasteiger partial charge in [-0.05, 0) is 13.1 Å². The topological polar surface area (TPSA) is 68.0 Å². The van der Waals surface area contributed by atoms with Crippen molar-refractivity contribution in [3.8, 4) is 11.5 Å². The lowest BCUT2D eigenvalue weighted by Crippen LogP contribution is -2.36. The van der Waals surface area contributed by atoms with Crippen LogP contribution in [0.15, 0.2) is 18.2 Å². The summed E-state index contributed by atoms with van der Waals surface area (Å²) >= 11 is 5.13. The van der Waals surface area contributed by atoms with Crippen molar-refractivity contribution < 1.29 is 14.6 Å². The van der Waals surface area contributed by atoms with Gasteiger partial charge in [-0.1, -0.05) is 24.4 Å². The van der Waals surface area contributed by atoms with Crippen LogP contribution in [0.25, 0.3) is 0 Å². The fraction of sp³-hybridized carbons (Fsp3) is 0.462. The first kappa shape index (κ1) is 15.7. The Morgan fingerprint density at radius 1 is 1.42 bits per heavy atom. The van der Waals surface area contributed by atoms with Crippen molar-refractivity contribution in [1.82, 2.24) is 4.90 Å². The summed E-state index contributed by atoms with van der Waals surface area (Å²) in [6.45, 7) is 0.490. The second-order valence-electron chi connectivity index (χ2n) is 4.09. The number of benzene rings is 1. The van der Waals surface area contributed by atoms with Crippen LogP contribution in [0.4, 0.5) is 0 Å². The third-order valence-electron chi connectivity index (χ3n) is 2.89. The molecule has 5 nitrogen and oxygen atoms in total. The Bertz CT molecular complexity index is 440. The molecule has 0 fully saturated rings. The fourth-order valence-electron chi connectivity index (χ4n) is 2.02. The van der Waals surface area contributed by atoms with Crippen LogP contribution < -0.4 is 15.2 Å². The van der Waals surface area contributed by atoms with Gasteiger partial charge in [0.25, 0.3) is 0 Å². The summed E-state index contributed by atoms with van der Waals surface area (Å²) < 4.78 is 10.7. The van der Waals surface area contributed by atoms with Gasteiger partial charge in [0.1, 0.15) is 0 Å². The first-order valence-electron chi connectivity index (χ1n) is 5.88. The minimum Gasteiger partial charge on any atom is -0.493 e. The summed E-state index contributed by atoms with van der Waals surface area (Å²) in [5, 5.41) is 9.06. The number of methoxy groups -OCH3 is 2. The number of likely N-dealkylation sites (N-methyl/N-ethyl adjacent to an activating group) is 1. The fourth-order valence-corrected chi connectivity index (χ4v) is 2.33. The SMILES string of the molecule is COc1cccc(C(C(N)=S)N(C)CCO)c1OC. The summed E-state index contributed by atoms with van der Waals surface area (Å²) in [5.74, 6) is 1.23. The molecule has 1 atom stereocenters. The molecule has 1 unspecified atom stereocenters. The Labute approximate surface area is 118 Å². The zero-order valence-electron chi connectivity index (χ0n) is 11.4. The van der Waals surface area contributed by atoms with Crippen molar-refractivity contribution in [1.29, 1.82) is 0 Å². The van der Waals surface area contributed by atoms with Crippen LogP contribution in [0.5, 0.6) is 11.5 Å². The number of hydrogen-bond donors (Lipinski definition) is 2. The number of nitrogens with zero attached hydrogens (tertiary/aromatic N) is 1. The van der Waals surface area contributed by atoms with Crippen LogP contribution in [-0.2, 0) is 0 Å². The maximum Gasteiger partial charge on any atom is 0.165 e. The number of rotatable bonds is 7. The van der Waals surface area contributed by atoms with Crippen molar-refractivity contribution in [2.24, 2.45) is 5.73 Å². The molecule has 0 saturated heterocycles. The monoisotopic (exact) mass is 284 g/mol. The number of hydrogen-bond acceptors (Lipinski definition) is 5. The quantitative estimate of drug-likeness (QED) is 0.727. The Balaban J connectivity index is 3.26. The maximum absolute atomic E-state index is 9.06. The van der Waals surface area contributed by atoms with Gasteiger partial charge in [0.15, 0.2) is 11.5 Å². The van der Waals surface area contributed by atoms with Gasteiger partial charge in [-0.25, -0.2) is 0 Å². The Morgan fingerprint density at radius 2 is 2.11 bits per heavy atom. The van der Waals surface area contributed by atoms with Crippen molar-refractivity contribution in [2.75, 3.05) is 34.4 Å². The highest BCUT2D eigenvalue weighted by atomic mass is 32.1. The van der Waals surface area contributed by atoms with Crippen molar-refractivity contribution in [3.05, 3.63) is 23.8 Å². The molecule has 1 rings (SSSR count). The largest absolute Gasteiger partial charge is 0.493 e. The van der Waals surface area contributed by atoms with Crippen molar-refractivity contribution in [3.63, 3.8) is 0 Å². The van der Waals surface area contributed by atoms with Gasteiger partial charge in [0, 0.05) is 12.1 Å². The lowest BCUT2D eigenvalue weighted by Gasteiger charge is -2.28. The van der Waals surface area contributed by atoms with Crippen LogP contribution in [0.2, 0.25) is 0 Å². The van der Waals surface area contributed by atoms with Gasteiger partial charge < -0.3 is 20.3 Å². The molecule has 0 bridgehead atoms. The van der Waals surface area contributed by atoms with Crippen LogP contribution >= 0.6 is 12.2 Å². The smallest absolute Gasteiger partial charge is 0.165 e. The van der Waals surface area contributed by atoms with Crippen molar-refractivity contribution in [2.45, 2.75) is 6.04 Å². The molecule has 106 valence electrons.